The first kappa shape index (κ1) is 14.6. The lowest BCUT2D eigenvalue weighted by Crippen LogP contribution is -2.46. The molecular formula is C10H23N3OS. The summed E-state index contributed by atoms with van der Waals surface area (Å²) in [6.45, 7) is 3.34. The minimum atomic E-state index is -0.0972. The van der Waals surface area contributed by atoms with Crippen molar-refractivity contribution >= 4 is 17.8 Å². The number of nitrogens with one attached hydrogen (secondary N) is 2. The van der Waals surface area contributed by atoms with Crippen LogP contribution in [-0.4, -0.2) is 37.2 Å². The molecule has 0 bridgehead atoms. The van der Waals surface area contributed by atoms with Crippen LogP contribution in [0.3, 0.4) is 0 Å². The monoisotopic (exact) mass is 233 g/mol. The van der Waals surface area contributed by atoms with Crippen molar-refractivity contribution in [3.63, 3.8) is 0 Å². The van der Waals surface area contributed by atoms with Crippen molar-refractivity contribution in [2.24, 2.45) is 5.73 Å². The van der Waals surface area contributed by atoms with Crippen LogP contribution in [0.5, 0.6) is 0 Å². The summed E-state index contributed by atoms with van der Waals surface area (Å²) in [4.78, 5) is 11.4. The molecule has 0 aromatic rings. The first-order valence-corrected chi connectivity index (χ1v) is 6.87. The predicted octanol–water partition coefficient (Wildman–Crippen LogP) is 1.17. The molecule has 0 fully saturated rings. The SMILES string of the molecule is CCCCNC(=O)N[C@H](CN)CCSC. The van der Waals surface area contributed by atoms with Gasteiger partial charge in [-0.25, -0.2) is 4.79 Å². The molecule has 0 aromatic heterocycles. The third-order valence-electron chi connectivity index (χ3n) is 2.11. The van der Waals surface area contributed by atoms with Gasteiger partial charge in [-0.05, 0) is 24.9 Å². The molecule has 4 N–H and O–H groups in total. The van der Waals surface area contributed by atoms with E-state index in [1.807, 2.05) is 0 Å². The molecule has 0 spiro atoms. The number of nitrogens with two attached hydrogens (primary N) is 1. The highest BCUT2D eigenvalue weighted by atomic mass is 32.2. The summed E-state index contributed by atoms with van der Waals surface area (Å²) in [6, 6.07) is -0.000852. The van der Waals surface area contributed by atoms with Gasteiger partial charge in [0.15, 0.2) is 0 Å². The van der Waals surface area contributed by atoms with Crippen LogP contribution in [-0.2, 0) is 0 Å². The van der Waals surface area contributed by atoms with Gasteiger partial charge in [-0.2, -0.15) is 11.8 Å². The molecule has 0 aliphatic carbocycles. The molecule has 2 amide bonds. The highest BCUT2D eigenvalue weighted by Crippen LogP contribution is 1.99. The zero-order chi connectivity index (χ0) is 11.5. The fourth-order valence-electron chi connectivity index (χ4n) is 1.12. The maximum atomic E-state index is 11.4. The Balaban J connectivity index is 3.60. The molecule has 0 aliphatic heterocycles. The Bertz CT molecular complexity index is 167. The fourth-order valence-corrected chi connectivity index (χ4v) is 1.64. The van der Waals surface area contributed by atoms with Crippen LogP contribution in [0.4, 0.5) is 4.79 Å². The summed E-state index contributed by atoms with van der Waals surface area (Å²) in [5, 5.41) is 5.68. The summed E-state index contributed by atoms with van der Waals surface area (Å²) in [6.07, 6.45) is 5.09. The van der Waals surface area contributed by atoms with Gasteiger partial charge in [0.05, 0.1) is 0 Å². The van der Waals surface area contributed by atoms with Crippen molar-refractivity contribution in [1.82, 2.24) is 10.6 Å². The lowest BCUT2D eigenvalue weighted by atomic mass is 10.2. The second kappa shape index (κ2) is 10.1. The van der Waals surface area contributed by atoms with Crippen LogP contribution in [0.25, 0.3) is 0 Å². The van der Waals surface area contributed by atoms with Crippen LogP contribution in [0, 0.1) is 0 Å². The first-order valence-electron chi connectivity index (χ1n) is 5.48. The van der Waals surface area contributed by atoms with Gasteiger partial charge in [0.2, 0.25) is 0 Å². The molecule has 0 heterocycles. The van der Waals surface area contributed by atoms with Crippen LogP contribution >= 0.6 is 11.8 Å². The molecule has 0 saturated heterocycles. The lowest BCUT2D eigenvalue weighted by Gasteiger charge is -2.16. The highest BCUT2D eigenvalue weighted by Gasteiger charge is 2.08. The third-order valence-corrected chi connectivity index (χ3v) is 2.75. The minimum absolute atomic E-state index is 0.0964. The van der Waals surface area contributed by atoms with E-state index in [9.17, 15) is 4.79 Å². The van der Waals surface area contributed by atoms with E-state index in [0.717, 1.165) is 31.6 Å². The van der Waals surface area contributed by atoms with Gasteiger partial charge in [-0.1, -0.05) is 13.3 Å². The van der Waals surface area contributed by atoms with E-state index in [0.29, 0.717) is 6.54 Å². The largest absolute Gasteiger partial charge is 0.338 e. The van der Waals surface area contributed by atoms with Crippen molar-refractivity contribution in [2.45, 2.75) is 32.2 Å². The van der Waals surface area contributed by atoms with E-state index in [-0.39, 0.29) is 12.1 Å². The minimum Gasteiger partial charge on any atom is -0.338 e. The van der Waals surface area contributed by atoms with Crippen LogP contribution in [0.15, 0.2) is 0 Å². The van der Waals surface area contributed by atoms with E-state index in [2.05, 4.69) is 23.8 Å². The Morgan fingerprint density at radius 1 is 1.53 bits per heavy atom. The molecule has 15 heavy (non-hydrogen) atoms. The number of amides is 2. The summed E-state index contributed by atoms with van der Waals surface area (Å²) in [7, 11) is 0. The number of carbonyl (C=O) groups excluding carboxylic acids is 1. The molecular weight excluding hydrogens is 210 g/mol. The van der Waals surface area contributed by atoms with Crippen LogP contribution in [0.1, 0.15) is 26.2 Å². The summed E-state index contributed by atoms with van der Waals surface area (Å²) in [5.41, 5.74) is 5.56. The summed E-state index contributed by atoms with van der Waals surface area (Å²) < 4.78 is 0. The topological polar surface area (TPSA) is 67.2 Å². The van der Waals surface area contributed by atoms with Crippen molar-refractivity contribution < 1.29 is 4.79 Å². The molecule has 4 nitrogen and oxygen atoms in total. The van der Waals surface area contributed by atoms with Gasteiger partial charge >= 0.3 is 6.03 Å². The summed E-state index contributed by atoms with van der Waals surface area (Å²) >= 11 is 1.77. The van der Waals surface area contributed by atoms with Gasteiger partial charge in [0.1, 0.15) is 0 Å². The molecule has 5 heteroatoms. The number of rotatable bonds is 8. The number of unbranched alkanes of at least 4 members (excludes halogenated alkanes) is 1. The number of hydrogen-bond donors (Lipinski definition) is 3. The van der Waals surface area contributed by atoms with Crippen LogP contribution < -0.4 is 16.4 Å². The molecule has 0 unspecified atom stereocenters. The molecule has 0 saturated carbocycles. The molecule has 0 aromatic carbocycles. The maximum absolute atomic E-state index is 11.4. The molecule has 0 rings (SSSR count). The second-order valence-electron chi connectivity index (χ2n) is 3.47. The Morgan fingerprint density at radius 2 is 2.27 bits per heavy atom. The number of hydrogen-bond acceptors (Lipinski definition) is 3. The maximum Gasteiger partial charge on any atom is 0.315 e. The molecule has 0 aliphatic rings. The standard InChI is InChI=1S/C10H23N3OS/c1-3-4-6-12-10(14)13-9(8-11)5-7-15-2/h9H,3-8,11H2,1-2H3,(H2,12,13,14)/t9-/m0/s1. The van der Waals surface area contributed by atoms with Gasteiger partial charge < -0.3 is 16.4 Å². The first-order chi connectivity index (χ1) is 7.24. The fraction of sp³-hybridized carbons (Fsp3) is 0.900. The van der Waals surface area contributed by atoms with Gasteiger partial charge in [-0.15, -0.1) is 0 Å². The Morgan fingerprint density at radius 3 is 2.80 bits per heavy atom. The quantitative estimate of drug-likeness (QED) is 0.551. The smallest absolute Gasteiger partial charge is 0.315 e. The molecule has 0 radical (unpaired) electrons. The van der Waals surface area contributed by atoms with E-state index < -0.39 is 0 Å². The van der Waals surface area contributed by atoms with Crippen molar-refractivity contribution in [3.05, 3.63) is 0 Å². The van der Waals surface area contributed by atoms with Crippen molar-refractivity contribution in [1.29, 1.82) is 0 Å². The number of carbonyl (C=O) groups is 1. The third kappa shape index (κ3) is 8.57. The zero-order valence-corrected chi connectivity index (χ0v) is 10.5. The average molecular weight is 233 g/mol. The molecule has 1 atom stereocenters. The average Bonchev–Trinajstić information content (AvgIpc) is 2.24. The normalized spacial score (nSPS) is 12.2. The Hall–Kier alpha value is -0.420. The Kier molecular flexibility index (Phi) is 9.83. The van der Waals surface area contributed by atoms with Crippen molar-refractivity contribution in [2.75, 3.05) is 25.1 Å². The molecule has 90 valence electrons. The van der Waals surface area contributed by atoms with Crippen molar-refractivity contribution in [3.8, 4) is 0 Å². The Labute approximate surface area is 96.7 Å². The van der Waals surface area contributed by atoms with E-state index >= 15 is 0 Å². The van der Waals surface area contributed by atoms with E-state index in [1.54, 1.807) is 11.8 Å². The second-order valence-corrected chi connectivity index (χ2v) is 4.45. The highest BCUT2D eigenvalue weighted by molar-refractivity contribution is 7.98. The zero-order valence-electron chi connectivity index (χ0n) is 9.71. The predicted molar refractivity (Wildman–Crippen MR) is 67.3 cm³/mol. The van der Waals surface area contributed by atoms with Crippen LogP contribution in [0.2, 0.25) is 0 Å². The number of thioether (sulfide) groups is 1. The van der Waals surface area contributed by atoms with Gasteiger partial charge in [-0.3, -0.25) is 0 Å². The summed E-state index contributed by atoms with van der Waals surface area (Å²) in [5.74, 6) is 1.02. The lowest BCUT2D eigenvalue weighted by molar-refractivity contribution is 0.237. The van der Waals surface area contributed by atoms with Gasteiger partial charge in [0, 0.05) is 19.1 Å². The van der Waals surface area contributed by atoms with Gasteiger partial charge in [0.25, 0.3) is 0 Å². The van der Waals surface area contributed by atoms with E-state index in [1.165, 1.54) is 0 Å². The van der Waals surface area contributed by atoms with E-state index in [4.69, 9.17) is 5.73 Å². The number of urea groups is 1.